The molecule has 25 heavy (non-hydrogen) atoms. The fourth-order valence-electron chi connectivity index (χ4n) is 2.27. The predicted octanol–water partition coefficient (Wildman–Crippen LogP) is 3.92. The highest BCUT2D eigenvalue weighted by atomic mass is 16.5. The molecule has 2 N–H and O–H groups in total. The fraction of sp³-hybridized carbons (Fsp3) is 0.300. The van der Waals surface area contributed by atoms with E-state index < -0.39 is 0 Å². The van der Waals surface area contributed by atoms with Crippen LogP contribution in [0.4, 0.5) is 11.4 Å². The topological polar surface area (TPSA) is 67.4 Å². The number of esters is 1. The Bertz CT molecular complexity index is 739. The van der Waals surface area contributed by atoms with Crippen LogP contribution < -0.4 is 10.6 Å². The molecule has 2 aromatic rings. The molecule has 0 aliphatic carbocycles. The number of anilines is 2. The number of aryl methyl sites for hydroxylation is 1. The molecular weight excluding hydrogens is 316 g/mol. The summed E-state index contributed by atoms with van der Waals surface area (Å²) in [4.78, 5) is 23.8. The van der Waals surface area contributed by atoms with Crippen LogP contribution in [0.15, 0.2) is 42.5 Å². The zero-order valence-electron chi connectivity index (χ0n) is 14.9. The Morgan fingerprint density at radius 3 is 2.44 bits per heavy atom. The molecule has 0 atom stereocenters. The maximum Gasteiger partial charge on any atom is 0.338 e. The number of nitrogens with one attached hydrogen (secondary N) is 2. The quantitative estimate of drug-likeness (QED) is 0.750. The number of amides is 1. The summed E-state index contributed by atoms with van der Waals surface area (Å²) in [7, 11) is 0. The molecule has 5 heteroatoms. The maximum atomic E-state index is 12.1. The second-order valence-corrected chi connectivity index (χ2v) is 5.86. The first-order valence-corrected chi connectivity index (χ1v) is 8.38. The lowest BCUT2D eigenvalue weighted by molar-refractivity contribution is -0.114. The zero-order chi connectivity index (χ0) is 18.2. The first-order chi connectivity index (χ1) is 12.0. The standard InChI is InChI=1S/C20H24N2O3/c1-4-12-25-20(24)16-8-10-17(11-9-16)21-13-19(23)22-18-7-5-6-14(2)15(18)3/h5-11,21H,4,12-13H2,1-3H3,(H,22,23). The van der Waals surface area contributed by atoms with Crippen molar-refractivity contribution >= 4 is 23.3 Å². The van der Waals surface area contributed by atoms with Gasteiger partial charge < -0.3 is 15.4 Å². The number of benzene rings is 2. The third-order valence-corrected chi connectivity index (χ3v) is 3.89. The van der Waals surface area contributed by atoms with Crippen LogP contribution in [0.3, 0.4) is 0 Å². The van der Waals surface area contributed by atoms with E-state index in [-0.39, 0.29) is 18.4 Å². The van der Waals surface area contributed by atoms with Gasteiger partial charge in [-0.25, -0.2) is 4.79 Å². The molecule has 2 aromatic carbocycles. The first-order valence-electron chi connectivity index (χ1n) is 8.38. The smallest absolute Gasteiger partial charge is 0.338 e. The fourth-order valence-corrected chi connectivity index (χ4v) is 2.27. The highest BCUT2D eigenvalue weighted by Crippen LogP contribution is 2.18. The minimum Gasteiger partial charge on any atom is -0.462 e. The largest absolute Gasteiger partial charge is 0.462 e. The molecule has 0 unspecified atom stereocenters. The van der Waals surface area contributed by atoms with Crippen LogP contribution in [0.5, 0.6) is 0 Å². The van der Waals surface area contributed by atoms with Crippen molar-refractivity contribution in [3.05, 3.63) is 59.2 Å². The van der Waals surface area contributed by atoms with Gasteiger partial charge in [0, 0.05) is 11.4 Å². The van der Waals surface area contributed by atoms with E-state index in [9.17, 15) is 9.59 Å². The van der Waals surface area contributed by atoms with Crippen LogP contribution in [0.1, 0.15) is 34.8 Å². The van der Waals surface area contributed by atoms with Crippen molar-refractivity contribution in [1.29, 1.82) is 0 Å². The monoisotopic (exact) mass is 340 g/mol. The van der Waals surface area contributed by atoms with Crippen molar-refractivity contribution in [3.8, 4) is 0 Å². The van der Waals surface area contributed by atoms with Gasteiger partial charge in [0.25, 0.3) is 0 Å². The van der Waals surface area contributed by atoms with E-state index >= 15 is 0 Å². The minimum atomic E-state index is -0.332. The summed E-state index contributed by atoms with van der Waals surface area (Å²) in [6.07, 6.45) is 0.793. The van der Waals surface area contributed by atoms with Gasteiger partial charge in [-0.1, -0.05) is 19.1 Å². The second-order valence-electron chi connectivity index (χ2n) is 5.86. The van der Waals surface area contributed by atoms with E-state index in [1.165, 1.54) is 0 Å². The molecule has 0 aromatic heterocycles. The van der Waals surface area contributed by atoms with E-state index in [2.05, 4.69) is 10.6 Å². The molecular formula is C20H24N2O3. The van der Waals surface area contributed by atoms with Gasteiger partial charge in [0.05, 0.1) is 18.7 Å². The zero-order valence-corrected chi connectivity index (χ0v) is 14.9. The molecule has 2 rings (SSSR count). The average Bonchev–Trinajstić information content (AvgIpc) is 2.62. The van der Waals surface area contributed by atoms with E-state index in [0.717, 1.165) is 28.9 Å². The molecule has 0 fully saturated rings. The van der Waals surface area contributed by atoms with E-state index in [1.807, 2.05) is 39.0 Å². The summed E-state index contributed by atoms with van der Waals surface area (Å²) in [6.45, 7) is 6.50. The number of carbonyl (C=O) groups is 2. The van der Waals surface area contributed by atoms with Gasteiger partial charge in [0.1, 0.15) is 0 Å². The molecule has 0 heterocycles. The van der Waals surface area contributed by atoms with E-state index in [0.29, 0.717) is 12.2 Å². The van der Waals surface area contributed by atoms with Crippen LogP contribution in [0.2, 0.25) is 0 Å². The molecule has 0 saturated heterocycles. The molecule has 1 amide bonds. The summed E-state index contributed by atoms with van der Waals surface area (Å²) in [6, 6.07) is 12.7. The van der Waals surface area contributed by atoms with E-state index in [4.69, 9.17) is 4.74 Å². The van der Waals surface area contributed by atoms with Gasteiger partial charge in [-0.3, -0.25) is 4.79 Å². The third-order valence-electron chi connectivity index (χ3n) is 3.89. The lowest BCUT2D eigenvalue weighted by Gasteiger charge is -2.11. The second kappa shape index (κ2) is 8.87. The van der Waals surface area contributed by atoms with Crippen molar-refractivity contribution in [2.75, 3.05) is 23.8 Å². The Morgan fingerprint density at radius 2 is 1.76 bits per heavy atom. The van der Waals surface area contributed by atoms with Crippen molar-refractivity contribution in [3.63, 3.8) is 0 Å². The number of rotatable bonds is 7. The van der Waals surface area contributed by atoms with Gasteiger partial charge >= 0.3 is 5.97 Å². The Hall–Kier alpha value is -2.82. The lowest BCUT2D eigenvalue weighted by atomic mass is 10.1. The number of ether oxygens (including phenoxy) is 1. The molecule has 5 nitrogen and oxygen atoms in total. The maximum absolute atomic E-state index is 12.1. The Labute approximate surface area is 148 Å². The molecule has 0 spiro atoms. The van der Waals surface area contributed by atoms with Crippen molar-refractivity contribution in [1.82, 2.24) is 0 Å². The number of carbonyl (C=O) groups excluding carboxylic acids is 2. The lowest BCUT2D eigenvalue weighted by Crippen LogP contribution is -2.22. The van der Waals surface area contributed by atoms with Crippen LogP contribution in [-0.2, 0) is 9.53 Å². The highest BCUT2D eigenvalue weighted by molar-refractivity contribution is 5.94. The first kappa shape index (κ1) is 18.5. The van der Waals surface area contributed by atoms with Gasteiger partial charge in [-0.05, 0) is 61.7 Å². The SMILES string of the molecule is CCCOC(=O)c1ccc(NCC(=O)Nc2cccc(C)c2C)cc1. The normalized spacial score (nSPS) is 10.2. The van der Waals surface area contributed by atoms with Crippen molar-refractivity contribution in [2.45, 2.75) is 27.2 Å². The van der Waals surface area contributed by atoms with Crippen LogP contribution in [-0.4, -0.2) is 25.0 Å². The van der Waals surface area contributed by atoms with Gasteiger partial charge in [-0.15, -0.1) is 0 Å². The third kappa shape index (κ3) is 5.35. The summed E-state index contributed by atoms with van der Waals surface area (Å²) < 4.78 is 5.08. The Balaban J connectivity index is 1.87. The van der Waals surface area contributed by atoms with Crippen LogP contribution in [0.25, 0.3) is 0 Å². The molecule has 132 valence electrons. The molecule has 0 aliphatic heterocycles. The van der Waals surface area contributed by atoms with Crippen LogP contribution in [0, 0.1) is 13.8 Å². The van der Waals surface area contributed by atoms with Crippen molar-refractivity contribution < 1.29 is 14.3 Å². The summed E-state index contributed by atoms with van der Waals surface area (Å²) in [5.74, 6) is -0.457. The summed E-state index contributed by atoms with van der Waals surface area (Å²) in [5.41, 5.74) is 4.28. The molecule has 0 radical (unpaired) electrons. The predicted molar refractivity (Wildman–Crippen MR) is 100 cm³/mol. The highest BCUT2D eigenvalue weighted by Gasteiger charge is 2.08. The van der Waals surface area contributed by atoms with Gasteiger partial charge in [-0.2, -0.15) is 0 Å². The molecule has 0 bridgehead atoms. The minimum absolute atomic E-state index is 0.125. The van der Waals surface area contributed by atoms with Gasteiger partial charge in [0.2, 0.25) is 5.91 Å². The molecule has 0 aliphatic rings. The number of hydrogen-bond donors (Lipinski definition) is 2. The average molecular weight is 340 g/mol. The summed E-state index contributed by atoms with van der Waals surface area (Å²) in [5, 5.41) is 5.94. The van der Waals surface area contributed by atoms with Gasteiger partial charge in [0.15, 0.2) is 0 Å². The summed E-state index contributed by atoms with van der Waals surface area (Å²) >= 11 is 0. The van der Waals surface area contributed by atoms with Crippen molar-refractivity contribution in [2.24, 2.45) is 0 Å². The van der Waals surface area contributed by atoms with Crippen LogP contribution >= 0.6 is 0 Å². The Morgan fingerprint density at radius 1 is 1.04 bits per heavy atom. The number of hydrogen-bond acceptors (Lipinski definition) is 4. The van der Waals surface area contributed by atoms with E-state index in [1.54, 1.807) is 24.3 Å². The molecule has 0 saturated carbocycles. The Kier molecular flexibility index (Phi) is 6.57.